The minimum absolute atomic E-state index is 0.241. The molecule has 0 bridgehead atoms. The fourth-order valence-electron chi connectivity index (χ4n) is 0.780. The zero-order chi connectivity index (χ0) is 9.68. The van der Waals surface area contributed by atoms with Crippen molar-refractivity contribution in [1.29, 1.82) is 0 Å². The smallest absolute Gasteiger partial charge is 0.338 e. The van der Waals surface area contributed by atoms with Gasteiger partial charge in [-0.1, -0.05) is 17.8 Å². The minimum Gasteiger partial charge on any atom is -0.478 e. The number of thioether (sulfide) groups is 1. The molecular formula is C9H9NO2S. The SMILES string of the molecule is CC=CSc1ncccc1C(=O)O. The lowest BCUT2D eigenvalue weighted by atomic mass is 10.3. The number of allylic oxidation sites excluding steroid dienone is 1. The van der Waals surface area contributed by atoms with E-state index in [0.717, 1.165) is 0 Å². The second-order valence-electron chi connectivity index (χ2n) is 2.25. The van der Waals surface area contributed by atoms with Crippen LogP contribution in [0.25, 0.3) is 0 Å². The number of nitrogens with zero attached hydrogens (tertiary/aromatic N) is 1. The standard InChI is InChI=1S/C9H9NO2S/c1-2-6-13-8-7(9(11)12)4-3-5-10-8/h2-6H,1H3,(H,11,12). The van der Waals surface area contributed by atoms with Crippen molar-refractivity contribution in [2.45, 2.75) is 11.9 Å². The number of aromatic nitrogens is 1. The van der Waals surface area contributed by atoms with Crippen molar-refractivity contribution in [3.05, 3.63) is 35.4 Å². The van der Waals surface area contributed by atoms with Gasteiger partial charge in [-0.3, -0.25) is 0 Å². The average molecular weight is 195 g/mol. The molecule has 0 aromatic carbocycles. The molecule has 0 aliphatic heterocycles. The molecule has 0 saturated heterocycles. The number of pyridine rings is 1. The van der Waals surface area contributed by atoms with Crippen molar-refractivity contribution in [3.63, 3.8) is 0 Å². The molecule has 1 aromatic rings. The molecule has 0 unspecified atom stereocenters. The molecule has 0 radical (unpaired) electrons. The molecule has 0 aliphatic rings. The molecule has 4 heteroatoms. The van der Waals surface area contributed by atoms with E-state index in [2.05, 4.69) is 4.98 Å². The molecule has 0 spiro atoms. The fraction of sp³-hybridized carbons (Fsp3) is 0.111. The van der Waals surface area contributed by atoms with Gasteiger partial charge in [-0.2, -0.15) is 0 Å². The van der Waals surface area contributed by atoms with Gasteiger partial charge in [0, 0.05) is 6.20 Å². The normalized spacial score (nSPS) is 10.5. The van der Waals surface area contributed by atoms with Crippen molar-refractivity contribution in [2.24, 2.45) is 0 Å². The highest BCUT2D eigenvalue weighted by Crippen LogP contribution is 2.20. The van der Waals surface area contributed by atoms with Gasteiger partial charge in [0.1, 0.15) is 5.03 Å². The van der Waals surface area contributed by atoms with E-state index in [1.165, 1.54) is 11.8 Å². The van der Waals surface area contributed by atoms with Crippen molar-refractivity contribution >= 4 is 17.7 Å². The summed E-state index contributed by atoms with van der Waals surface area (Å²) in [5, 5.41) is 11.1. The van der Waals surface area contributed by atoms with Crippen LogP contribution in [0.3, 0.4) is 0 Å². The summed E-state index contributed by atoms with van der Waals surface area (Å²) in [6.45, 7) is 1.87. The van der Waals surface area contributed by atoms with E-state index in [-0.39, 0.29) is 5.56 Å². The van der Waals surface area contributed by atoms with Crippen molar-refractivity contribution in [2.75, 3.05) is 0 Å². The van der Waals surface area contributed by atoms with E-state index in [4.69, 9.17) is 5.11 Å². The van der Waals surface area contributed by atoms with Crippen LogP contribution in [0.4, 0.5) is 0 Å². The van der Waals surface area contributed by atoms with Gasteiger partial charge < -0.3 is 5.11 Å². The summed E-state index contributed by atoms with van der Waals surface area (Å²) in [5.74, 6) is -0.944. The van der Waals surface area contributed by atoms with E-state index in [1.807, 2.05) is 13.0 Å². The van der Waals surface area contributed by atoms with Crippen LogP contribution in [0, 0.1) is 0 Å². The van der Waals surface area contributed by atoms with Crippen LogP contribution in [0.1, 0.15) is 17.3 Å². The Labute approximate surface area is 80.5 Å². The Hall–Kier alpha value is -1.29. The molecular weight excluding hydrogens is 186 g/mol. The number of aromatic carboxylic acids is 1. The van der Waals surface area contributed by atoms with Gasteiger partial charge in [0.2, 0.25) is 0 Å². The van der Waals surface area contributed by atoms with Crippen molar-refractivity contribution < 1.29 is 9.90 Å². The van der Waals surface area contributed by atoms with E-state index in [0.29, 0.717) is 5.03 Å². The summed E-state index contributed by atoms with van der Waals surface area (Å²) in [7, 11) is 0. The van der Waals surface area contributed by atoms with E-state index < -0.39 is 5.97 Å². The average Bonchev–Trinajstić information content (AvgIpc) is 2.15. The molecule has 68 valence electrons. The second kappa shape index (κ2) is 4.67. The molecule has 3 nitrogen and oxygen atoms in total. The molecule has 0 saturated carbocycles. The molecule has 13 heavy (non-hydrogen) atoms. The maximum Gasteiger partial charge on any atom is 0.338 e. The van der Waals surface area contributed by atoms with Crippen LogP contribution in [0.2, 0.25) is 0 Å². The van der Waals surface area contributed by atoms with Crippen LogP contribution in [-0.4, -0.2) is 16.1 Å². The van der Waals surface area contributed by atoms with Crippen LogP contribution in [-0.2, 0) is 0 Å². The van der Waals surface area contributed by atoms with E-state index in [1.54, 1.807) is 23.7 Å². The molecule has 0 aliphatic carbocycles. The van der Waals surface area contributed by atoms with Crippen LogP contribution in [0.5, 0.6) is 0 Å². The van der Waals surface area contributed by atoms with Crippen LogP contribution < -0.4 is 0 Å². The number of hydrogen-bond donors (Lipinski definition) is 1. The third kappa shape index (κ3) is 2.59. The Balaban J connectivity index is 2.97. The monoisotopic (exact) mass is 195 g/mol. The topological polar surface area (TPSA) is 50.2 Å². The van der Waals surface area contributed by atoms with Crippen molar-refractivity contribution in [1.82, 2.24) is 4.98 Å². The first-order valence-electron chi connectivity index (χ1n) is 3.72. The lowest BCUT2D eigenvalue weighted by Crippen LogP contribution is -1.99. The predicted octanol–water partition coefficient (Wildman–Crippen LogP) is 2.41. The highest BCUT2D eigenvalue weighted by atomic mass is 32.2. The summed E-state index contributed by atoms with van der Waals surface area (Å²) in [4.78, 5) is 14.7. The van der Waals surface area contributed by atoms with Gasteiger partial charge in [0.25, 0.3) is 0 Å². The summed E-state index contributed by atoms with van der Waals surface area (Å²) in [6.07, 6.45) is 3.42. The predicted molar refractivity (Wildman–Crippen MR) is 51.9 cm³/mol. The second-order valence-corrected chi connectivity index (χ2v) is 3.14. The number of carboxylic acids is 1. The summed E-state index contributed by atoms with van der Waals surface area (Å²) >= 11 is 1.30. The number of rotatable bonds is 3. The maximum absolute atomic E-state index is 10.7. The number of carbonyl (C=O) groups is 1. The fourth-order valence-corrected chi connectivity index (χ4v) is 1.45. The largest absolute Gasteiger partial charge is 0.478 e. The summed E-state index contributed by atoms with van der Waals surface area (Å²) in [6, 6.07) is 3.16. The van der Waals surface area contributed by atoms with E-state index >= 15 is 0 Å². The Morgan fingerprint density at radius 3 is 3.08 bits per heavy atom. The lowest BCUT2D eigenvalue weighted by Gasteiger charge is -1.99. The van der Waals surface area contributed by atoms with Gasteiger partial charge in [-0.15, -0.1) is 0 Å². The summed E-state index contributed by atoms with van der Waals surface area (Å²) in [5.41, 5.74) is 0.241. The third-order valence-electron chi connectivity index (χ3n) is 1.32. The zero-order valence-corrected chi connectivity index (χ0v) is 7.91. The minimum atomic E-state index is -0.944. The Morgan fingerprint density at radius 2 is 2.46 bits per heavy atom. The van der Waals surface area contributed by atoms with Gasteiger partial charge in [-0.05, 0) is 24.5 Å². The first-order chi connectivity index (χ1) is 6.25. The molecule has 1 heterocycles. The van der Waals surface area contributed by atoms with Gasteiger partial charge in [0.05, 0.1) is 5.56 Å². The highest BCUT2D eigenvalue weighted by molar-refractivity contribution is 8.02. The molecule has 0 atom stereocenters. The molecule has 1 rings (SSSR count). The quantitative estimate of drug-likeness (QED) is 0.752. The van der Waals surface area contributed by atoms with Crippen LogP contribution in [0.15, 0.2) is 34.8 Å². The molecule has 0 amide bonds. The molecule has 1 N–H and O–H groups in total. The third-order valence-corrected chi connectivity index (χ3v) is 2.27. The molecule has 1 aromatic heterocycles. The highest BCUT2D eigenvalue weighted by Gasteiger charge is 2.08. The first kappa shape index (κ1) is 9.80. The Morgan fingerprint density at radius 1 is 1.69 bits per heavy atom. The van der Waals surface area contributed by atoms with Crippen LogP contribution >= 0.6 is 11.8 Å². The summed E-state index contributed by atoms with van der Waals surface area (Å²) < 4.78 is 0. The van der Waals surface area contributed by atoms with Gasteiger partial charge in [0.15, 0.2) is 0 Å². The first-order valence-corrected chi connectivity index (χ1v) is 4.60. The van der Waals surface area contributed by atoms with Crippen molar-refractivity contribution in [3.8, 4) is 0 Å². The maximum atomic E-state index is 10.7. The molecule has 0 fully saturated rings. The lowest BCUT2D eigenvalue weighted by molar-refractivity contribution is 0.0692. The number of hydrogen-bond acceptors (Lipinski definition) is 3. The van der Waals surface area contributed by atoms with E-state index in [9.17, 15) is 4.79 Å². The number of carboxylic acid groups (broad SMARTS) is 1. The Kier molecular flexibility index (Phi) is 3.52. The Bertz CT molecular complexity index is 336. The van der Waals surface area contributed by atoms with Gasteiger partial charge >= 0.3 is 5.97 Å². The zero-order valence-electron chi connectivity index (χ0n) is 7.10. The van der Waals surface area contributed by atoms with Gasteiger partial charge in [-0.25, -0.2) is 9.78 Å².